The first-order valence-electron chi connectivity index (χ1n) is 7.84. The number of amides is 1. The summed E-state index contributed by atoms with van der Waals surface area (Å²) in [5.74, 6) is 0.905. The number of nitrogens with zero attached hydrogens (tertiary/aromatic N) is 3. The summed E-state index contributed by atoms with van der Waals surface area (Å²) in [5, 5.41) is 7.60. The van der Waals surface area contributed by atoms with Gasteiger partial charge >= 0.3 is 0 Å². The second-order valence-electron chi connectivity index (χ2n) is 6.46. The summed E-state index contributed by atoms with van der Waals surface area (Å²) in [6, 6.07) is 0.495. The molecule has 0 bridgehead atoms. The zero-order chi connectivity index (χ0) is 15.4. The lowest BCUT2D eigenvalue weighted by Gasteiger charge is -2.33. The quantitative estimate of drug-likeness (QED) is 0.908. The SMILES string of the molecule is CC(C)NCC1CCCN(C(=O)c2snnc2C(C)C)C1. The van der Waals surface area contributed by atoms with Crippen molar-refractivity contribution in [3.63, 3.8) is 0 Å². The Morgan fingerprint density at radius 2 is 2.19 bits per heavy atom. The largest absolute Gasteiger partial charge is 0.338 e. The molecule has 2 heterocycles. The minimum atomic E-state index is 0.114. The number of nitrogens with one attached hydrogen (secondary N) is 1. The van der Waals surface area contributed by atoms with Crippen LogP contribution in [0.1, 0.15) is 61.8 Å². The van der Waals surface area contributed by atoms with E-state index in [9.17, 15) is 4.79 Å². The molecule has 1 fully saturated rings. The first kappa shape index (κ1) is 16.4. The van der Waals surface area contributed by atoms with Crippen LogP contribution in [0.15, 0.2) is 0 Å². The van der Waals surface area contributed by atoms with Gasteiger partial charge in [0.05, 0.1) is 5.69 Å². The average Bonchev–Trinajstić information content (AvgIpc) is 2.94. The van der Waals surface area contributed by atoms with Crippen LogP contribution in [-0.2, 0) is 0 Å². The Morgan fingerprint density at radius 3 is 2.86 bits per heavy atom. The maximum Gasteiger partial charge on any atom is 0.267 e. The Hall–Kier alpha value is -1.01. The second kappa shape index (κ2) is 7.31. The second-order valence-corrected chi connectivity index (χ2v) is 7.22. The van der Waals surface area contributed by atoms with Crippen LogP contribution in [0.3, 0.4) is 0 Å². The summed E-state index contributed by atoms with van der Waals surface area (Å²) < 4.78 is 3.97. The van der Waals surface area contributed by atoms with Crippen LogP contribution in [0.4, 0.5) is 0 Å². The van der Waals surface area contributed by atoms with Crippen molar-refractivity contribution in [2.75, 3.05) is 19.6 Å². The molecule has 1 saturated heterocycles. The zero-order valence-electron chi connectivity index (χ0n) is 13.4. The highest BCUT2D eigenvalue weighted by atomic mass is 32.1. The number of aromatic nitrogens is 2. The summed E-state index contributed by atoms with van der Waals surface area (Å²) in [7, 11) is 0. The molecule has 6 heteroatoms. The molecule has 5 nitrogen and oxygen atoms in total. The van der Waals surface area contributed by atoms with Gasteiger partial charge in [-0.3, -0.25) is 4.79 Å². The molecule has 1 aliphatic heterocycles. The number of rotatable bonds is 5. The number of likely N-dealkylation sites (tertiary alicyclic amines) is 1. The first-order valence-corrected chi connectivity index (χ1v) is 8.61. The van der Waals surface area contributed by atoms with Gasteiger partial charge in [-0.2, -0.15) is 0 Å². The molecular formula is C15H26N4OS. The third kappa shape index (κ3) is 4.23. The number of piperidine rings is 1. The maximum absolute atomic E-state index is 12.7. The predicted octanol–water partition coefficient (Wildman–Crippen LogP) is 2.51. The van der Waals surface area contributed by atoms with Crippen molar-refractivity contribution < 1.29 is 4.79 Å². The van der Waals surface area contributed by atoms with Gasteiger partial charge in [-0.25, -0.2) is 0 Å². The van der Waals surface area contributed by atoms with E-state index in [4.69, 9.17) is 0 Å². The summed E-state index contributed by atoms with van der Waals surface area (Å²) >= 11 is 1.23. The third-order valence-electron chi connectivity index (χ3n) is 3.88. The molecule has 0 spiro atoms. The minimum Gasteiger partial charge on any atom is -0.338 e. The first-order chi connectivity index (χ1) is 9.99. The van der Waals surface area contributed by atoms with E-state index < -0.39 is 0 Å². The fraction of sp³-hybridized carbons (Fsp3) is 0.800. The fourth-order valence-corrected chi connectivity index (χ4v) is 3.47. The molecule has 2 rings (SSSR count). The molecule has 0 aliphatic carbocycles. The molecule has 1 unspecified atom stereocenters. The molecule has 1 aromatic rings. The van der Waals surface area contributed by atoms with Gasteiger partial charge < -0.3 is 10.2 Å². The minimum absolute atomic E-state index is 0.114. The zero-order valence-corrected chi connectivity index (χ0v) is 14.2. The van der Waals surface area contributed by atoms with Crippen LogP contribution in [0.2, 0.25) is 0 Å². The van der Waals surface area contributed by atoms with Gasteiger partial charge in [0.1, 0.15) is 4.88 Å². The molecule has 1 aromatic heterocycles. The van der Waals surface area contributed by atoms with Crippen molar-refractivity contribution >= 4 is 17.4 Å². The van der Waals surface area contributed by atoms with Gasteiger partial charge in [-0.1, -0.05) is 32.2 Å². The standard InChI is InChI=1S/C15H26N4OS/c1-10(2)13-14(21-18-17-13)15(20)19-7-5-6-12(9-19)8-16-11(3)4/h10-12,16H,5-9H2,1-4H3. The van der Waals surface area contributed by atoms with Crippen LogP contribution in [-0.4, -0.2) is 46.1 Å². The van der Waals surface area contributed by atoms with Crippen LogP contribution < -0.4 is 5.32 Å². The molecule has 118 valence electrons. The predicted molar refractivity (Wildman–Crippen MR) is 85.8 cm³/mol. The highest BCUT2D eigenvalue weighted by Gasteiger charge is 2.28. The smallest absolute Gasteiger partial charge is 0.267 e. The van der Waals surface area contributed by atoms with E-state index in [0.717, 1.165) is 36.6 Å². The Kier molecular flexibility index (Phi) is 5.70. The lowest BCUT2D eigenvalue weighted by atomic mass is 9.97. The number of carbonyl (C=O) groups excluding carboxylic acids is 1. The summed E-state index contributed by atoms with van der Waals surface area (Å²) in [6.07, 6.45) is 2.28. The van der Waals surface area contributed by atoms with E-state index in [1.807, 2.05) is 4.90 Å². The van der Waals surface area contributed by atoms with Gasteiger partial charge in [-0.15, -0.1) is 5.10 Å². The molecule has 1 atom stereocenters. The van der Waals surface area contributed by atoms with E-state index in [1.54, 1.807) is 0 Å². The highest BCUT2D eigenvalue weighted by molar-refractivity contribution is 7.08. The van der Waals surface area contributed by atoms with E-state index >= 15 is 0 Å². The summed E-state index contributed by atoms with van der Waals surface area (Å²) in [6.45, 7) is 11.1. The molecule has 1 N–H and O–H groups in total. The van der Waals surface area contributed by atoms with Crippen LogP contribution in [0.5, 0.6) is 0 Å². The summed E-state index contributed by atoms with van der Waals surface area (Å²) in [4.78, 5) is 15.4. The van der Waals surface area contributed by atoms with Crippen molar-refractivity contribution in [2.45, 2.75) is 52.5 Å². The Balaban J connectivity index is 2.00. The van der Waals surface area contributed by atoms with Crippen LogP contribution >= 0.6 is 11.5 Å². The number of carbonyl (C=O) groups is 1. The van der Waals surface area contributed by atoms with Gasteiger partial charge in [0.15, 0.2) is 0 Å². The Bertz CT molecular complexity index is 472. The van der Waals surface area contributed by atoms with Crippen LogP contribution in [0, 0.1) is 5.92 Å². The fourth-order valence-electron chi connectivity index (χ4n) is 2.69. The molecule has 0 radical (unpaired) electrons. The molecule has 0 saturated carbocycles. The van der Waals surface area contributed by atoms with Crippen LogP contribution in [0.25, 0.3) is 0 Å². The average molecular weight is 310 g/mol. The molecule has 21 heavy (non-hydrogen) atoms. The van der Waals surface area contributed by atoms with E-state index in [-0.39, 0.29) is 11.8 Å². The van der Waals surface area contributed by atoms with Gasteiger partial charge in [-0.05, 0) is 42.8 Å². The van der Waals surface area contributed by atoms with E-state index in [2.05, 4.69) is 42.6 Å². The van der Waals surface area contributed by atoms with E-state index in [1.165, 1.54) is 18.0 Å². The highest BCUT2D eigenvalue weighted by Crippen LogP contribution is 2.24. The van der Waals surface area contributed by atoms with Gasteiger partial charge in [0.25, 0.3) is 5.91 Å². The molecule has 0 aromatic carbocycles. The summed E-state index contributed by atoms with van der Waals surface area (Å²) in [5.41, 5.74) is 0.840. The maximum atomic E-state index is 12.7. The number of hydrogen-bond acceptors (Lipinski definition) is 5. The molecular weight excluding hydrogens is 284 g/mol. The van der Waals surface area contributed by atoms with Gasteiger partial charge in [0.2, 0.25) is 0 Å². The Labute approximate surface area is 131 Å². The Morgan fingerprint density at radius 1 is 1.43 bits per heavy atom. The van der Waals surface area contributed by atoms with Crippen molar-refractivity contribution in [1.29, 1.82) is 0 Å². The normalized spacial score (nSPS) is 19.5. The van der Waals surface area contributed by atoms with Gasteiger partial charge in [0, 0.05) is 19.1 Å². The monoisotopic (exact) mass is 310 g/mol. The lowest BCUT2D eigenvalue weighted by Crippen LogP contribution is -2.43. The molecule has 1 amide bonds. The van der Waals surface area contributed by atoms with Crippen molar-refractivity contribution in [3.05, 3.63) is 10.6 Å². The lowest BCUT2D eigenvalue weighted by molar-refractivity contribution is 0.0675. The van der Waals surface area contributed by atoms with E-state index in [0.29, 0.717) is 12.0 Å². The van der Waals surface area contributed by atoms with Crippen molar-refractivity contribution in [1.82, 2.24) is 19.8 Å². The number of hydrogen-bond donors (Lipinski definition) is 1. The topological polar surface area (TPSA) is 58.1 Å². The molecule has 1 aliphatic rings. The van der Waals surface area contributed by atoms with Crippen molar-refractivity contribution in [3.8, 4) is 0 Å². The third-order valence-corrected chi connectivity index (χ3v) is 4.61. The van der Waals surface area contributed by atoms with Crippen molar-refractivity contribution in [2.24, 2.45) is 5.92 Å².